The molecule has 0 saturated heterocycles. The molecule has 5 nitrogen and oxygen atoms in total. The lowest BCUT2D eigenvalue weighted by Crippen LogP contribution is -2.27. The average molecular weight is 320 g/mol. The van der Waals surface area contributed by atoms with Crippen molar-refractivity contribution in [3.63, 3.8) is 0 Å². The fraction of sp³-hybridized carbons (Fsp3) is 0.471. The zero-order chi connectivity index (χ0) is 16.8. The van der Waals surface area contributed by atoms with E-state index in [9.17, 15) is 4.39 Å². The molecule has 0 fully saturated rings. The van der Waals surface area contributed by atoms with Crippen molar-refractivity contribution in [2.45, 2.75) is 26.5 Å². The second-order valence-corrected chi connectivity index (χ2v) is 5.90. The van der Waals surface area contributed by atoms with Crippen LogP contribution in [0.2, 0.25) is 0 Å². The van der Waals surface area contributed by atoms with Gasteiger partial charge in [0.25, 0.3) is 0 Å². The number of aromatic amines is 1. The molecule has 126 valence electrons. The highest BCUT2D eigenvalue weighted by atomic mass is 19.1. The molecule has 1 aromatic heterocycles. The number of aromatic nitrogens is 2. The maximum absolute atomic E-state index is 14.2. The SMILES string of the molecule is CNCCN(C)Cc1n[nH]cc1-c1ccc(OC(C)C)c(F)c1. The Hall–Kier alpha value is -1.92. The van der Waals surface area contributed by atoms with Gasteiger partial charge in [-0.2, -0.15) is 5.10 Å². The quantitative estimate of drug-likeness (QED) is 0.785. The van der Waals surface area contributed by atoms with Crippen LogP contribution in [0.5, 0.6) is 5.75 Å². The molecular weight excluding hydrogens is 295 g/mol. The second kappa shape index (κ2) is 8.08. The lowest BCUT2D eigenvalue weighted by molar-refractivity contribution is 0.231. The average Bonchev–Trinajstić information content (AvgIpc) is 2.95. The minimum atomic E-state index is -0.355. The van der Waals surface area contributed by atoms with Crippen molar-refractivity contribution >= 4 is 0 Å². The maximum atomic E-state index is 14.2. The molecule has 2 N–H and O–H groups in total. The number of rotatable bonds is 8. The third-order valence-electron chi connectivity index (χ3n) is 3.49. The van der Waals surface area contributed by atoms with Crippen molar-refractivity contribution in [2.24, 2.45) is 0 Å². The molecule has 0 aliphatic rings. The van der Waals surface area contributed by atoms with E-state index in [-0.39, 0.29) is 17.7 Å². The molecule has 6 heteroatoms. The number of benzene rings is 1. The molecule has 0 saturated carbocycles. The van der Waals surface area contributed by atoms with Gasteiger partial charge in [0.15, 0.2) is 11.6 Å². The molecule has 0 aliphatic carbocycles. The van der Waals surface area contributed by atoms with Crippen molar-refractivity contribution in [1.29, 1.82) is 0 Å². The second-order valence-electron chi connectivity index (χ2n) is 5.90. The predicted molar refractivity (Wildman–Crippen MR) is 90.0 cm³/mol. The van der Waals surface area contributed by atoms with Crippen molar-refractivity contribution in [3.05, 3.63) is 35.9 Å². The first-order valence-corrected chi connectivity index (χ1v) is 7.83. The molecule has 23 heavy (non-hydrogen) atoms. The first-order chi connectivity index (χ1) is 11.0. The van der Waals surface area contributed by atoms with E-state index in [0.29, 0.717) is 6.54 Å². The first kappa shape index (κ1) is 17.4. The molecule has 1 heterocycles. The first-order valence-electron chi connectivity index (χ1n) is 7.83. The van der Waals surface area contributed by atoms with Crippen molar-refractivity contribution in [2.75, 3.05) is 27.2 Å². The van der Waals surface area contributed by atoms with E-state index in [4.69, 9.17) is 4.74 Å². The highest BCUT2D eigenvalue weighted by Crippen LogP contribution is 2.28. The molecule has 0 bridgehead atoms. The molecule has 0 unspecified atom stereocenters. The van der Waals surface area contributed by atoms with E-state index >= 15 is 0 Å². The van der Waals surface area contributed by atoms with E-state index < -0.39 is 0 Å². The number of nitrogens with one attached hydrogen (secondary N) is 2. The Bertz CT molecular complexity index is 627. The summed E-state index contributed by atoms with van der Waals surface area (Å²) in [5.74, 6) is -0.0770. The van der Waals surface area contributed by atoms with Crippen LogP contribution in [-0.4, -0.2) is 48.4 Å². The number of nitrogens with zero attached hydrogens (tertiary/aromatic N) is 2. The topological polar surface area (TPSA) is 53.2 Å². The number of H-pyrrole nitrogens is 1. The van der Waals surface area contributed by atoms with Gasteiger partial charge in [-0.15, -0.1) is 0 Å². The van der Waals surface area contributed by atoms with Crippen LogP contribution in [0.1, 0.15) is 19.5 Å². The monoisotopic (exact) mass is 320 g/mol. The number of halogens is 1. The molecular formula is C17H25FN4O. The van der Waals surface area contributed by atoms with Gasteiger partial charge >= 0.3 is 0 Å². The van der Waals surface area contributed by atoms with Gasteiger partial charge in [-0.1, -0.05) is 6.07 Å². The Balaban J connectivity index is 2.16. The molecule has 0 atom stereocenters. The highest BCUT2D eigenvalue weighted by molar-refractivity contribution is 5.66. The van der Waals surface area contributed by atoms with Gasteiger partial charge in [0, 0.05) is 31.4 Å². The third kappa shape index (κ3) is 4.77. The standard InChI is InChI=1S/C17H25FN4O/c1-12(2)23-17-6-5-13(9-15(17)18)14-10-20-21-16(14)11-22(4)8-7-19-3/h5-6,9-10,12,19H,7-8,11H2,1-4H3,(H,20,21). The van der Waals surface area contributed by atoms with E-state index in [2.05, 4.69) is 20.4 Å². The van der Waals surface area contributed by atoms with E-state index in [1.54, 1.807) is 12.3 Å². The molecule has 0 aliphatic heterocycles. The molecule has 0 spiro atoms. The van der Waals surface area contributed by atoms with E-state index in [1.807, 2.05) is 34.0 Å². The normalized spacial score (nSPS) is 11.4. The molecule has 0 amide bonds. The Morgan fingerprint density at radius 1 is 1.39 bits per heavy atom. The number of hydrogen-bond donors (Lipinski definition) is 2. The largest absolute Gasteiger partial charge is 0.488 e. The predicted octanol–water partition coefficient (Wildman–Crippen LogP) is 2.65. The Labute approximate surface area is 136 Å². The summed E-state index contributed by atoms with van der Waals surface area (Å²) in [6.45, 7) is 6.28. The highest BCUT2D eigenvalue weighted by Gasteiger charge is 2.13. The number of hydrogen-bond acceptors (Lipinski definition) is 4. The summed E-state index contributed by atoms with van der Waals surface area (Å²) in [5.41, 5.74) is 2.61. The summed E-state index contributed by atoms with van der Waals surface area (Å²) in [6, 6.07) is 5.04. The minimum Gasteiger partial charge on any atom is -0.488 e. The van der Waals surface area contributed by atoms with Gasteiger partial charge in [0.05, 0.1) is 11.8 Å². The summed E-state index contributed by atoms with van der Waals surface area (Å²) >= 11 is 0. The van der Waals surface area contributed by atoms with Gasteiger partial charge in [-0.25, -0.2) is 4.39 Å². The van der Waals surface area contributed by atoms with Crippen molar-refractivity contribution < 1.29 is 9.13 Å². The zero-order valence-corrected chi connectivity index (χ0v) is 14.2. The van der Waals surface area contributed by atoms with Crippen LogP contribution >= 0.6 is 0 Å². The lowest BCUT2D eigenvalue weighted by atomic mass is 10.1. The Morgan fingerprint density at radius 3 is 2.83 bits per heavy atom. The van der Waals surface area contributed by atoms with Crippen molar-refractivity contribution in [1.82, 2.24) is 20.4 Å². The van der Waals surface area contributed by atoms with Crippen LogP contribution in [0.25, 0.3) is 11.1 Å². The van der Waals surface area contributed by atoms with Crippen LogP contribution in [0.3, 0.4) is 0 Å². The fourth-order valence-electron chi connectivity index (χ4n) is 2.34. The fourth-order valence-corrected chi connectivity index (χ4v) is 2.34. The van der Waals surface area contributed by atoms with E-state index in [1.165, 1.54) is 6.07 Å². The summed E-state index contributed by atoms with van der Waals surface area (Å²) in [5, 5.41) is 10.3. The minimum absolute atomic E-state index is 0.0549. The van der Waals surface area contributed by atoms with Gasteiger partial charge in [-0.05, 0) is 45.6 Å². The Kier molecular flexibility index (Phi) is 6.12. The van der Waals surface area contributed by atoms with Crippen LogP contribution in [-0.2, 0) is 6.54 Å². The van der Waals surface area contributed by atoms with Crippen LogP contribution in [0.4, 0.5) is 4.39 Å². The van der Waals surface area contributed by atoms with E-state index in [0.717, 1.165) is 29.9 Å². The van der Waals surface area contributed by atoms with Gasteiger partial charge in [-0.3, -0.25) is 10.00 Å². The van der Waals surface area contributed by atoms with Crippen molar-refractivity contribution in [3.8, 4) is 16.9 Å². The number of likely N-dealkylation sites (N-methyl/N-ethyl adjacent to an activating group) is 2. The number of ether oxygens (including phenoxy) is 1. The molecule has 0 radical (unpaired) electrons. The summed E-state index contributed by atoms with van der Waals surface area (Å²) < 4.78 is 19.6. The van der Waals surface area contributed by atoms with Gasteiger partial charge in [0.1, 0.15) is 0 Å². The Morgan fingerprint density at radius 2 is 2.17 bits per heavy atom. The van der Waals surface area contributed by atoms with Gasteiger partial charge in [0.2, 0.25) is 0 Å². The van der Waals surface area contributed by atoms with Crippen LogP contribution < -0.4 is 10.1 Å². The molecule has 2 rings (SSSR count). The maximum Gasteiger partial charge on any atom is 0.165 e. The summed E-state index contributed by atoms with van der Waals surface area (Å²) in [6.07, 6.45) is 1.75. The summed E-state index contributed by atoms with van der Waals surface area (Å²) in [7, 11) is 3.97. The van der Waals surface area contributed by atoms with Crippen LogP contribution in [0, 0.1) is 5.82 Å². The third-order valence-corrected chi connectivity index (χ3v) is 3.49. The zero-order valence-electron chi connectivity index (χ0n) is 14.2. The smallest absolute Gasteiger partial charge is 0.165 e. The lowest BCUT2D eigenvalue weighted by Gasteiger charge is -2.16. The van der Waals surface area contributed by atoms with Gasteiger partial charge < -0.3 is 10.1 Å². The molecule has 1 aromatic carbocycles. The molecule has 2 aromatic rings. The van der Waals surface area contributed by atoms with Crippen LogP contribution in [0.15, 0.2) is 24.4 Å². The summed E-state index contributed by atoms with van der Waals surface area (Å²) in [4.78, 5) is 2.17.